The third-order valence-electron chi connectivity index (χ3n) is 2.88. The van der Waals surface area contributed by atoms with Crippen molar-refractivity contribution in [3.8, 4) is 11.5 Å². The standard InChI is InChI=1S/C13H13ClN2O2S/c1-7-6-19-13(16-7)11(15)8-4-9(14)12-10(5-8)17-2-3-18-12/h4-6,11H,2-3,15H2,1H3. The van der Waals surface area contributed by atoms with Gasteiger partial charge in [0.25, 0.3) is 0 Å². The van der Waals surface area contributed by atoms with Crippen LogP contribution in [0.25, 0.3) is 0 Å². The van der Waals surface area contributed by atoms with Crippen molar-refractivity contribution in [2.24, 2.45) is 5.73 Å². The van der Waals surface area contributed by atoms with Gasteiger partial charge in [0.15, 0.2) is 11.5 Å². The van der Waals surface area contributed by atoms with E-state index in [4.69, 9.17) is 26.8 Å². The fourth-order valence-corrected chi connectivity index (χ4v) is 3.07. The van der Waals surface area contributed by atoms with Gasteiger partial charge >= 0.3 is 0 Å². The molecule has 1 atom stereocenters. The van der Waals surface area contributed by atoms with E-state index in [2.05, 4.69) is 4.98 Å². The van der Waals surface area contributed by atoms with Gasteiger partial charge in [-0.1, -0.05) is 11.6 Å². The SMILES string of the molecule is Cc1csc(C(N)c2cc(Cl)c3c(c2)OCCO3)n1. The van der Waals surface area contributed by atoms with E-state index in [9.17, 15) is 0 Å². The predicted octanol–water partition coefficient (Wildman–Crippen LogP) is 2.92. The van der Waals surface area contributed by atoms with E-state index in [-0.39, 0.29) is 6.04 Å². The molecular weight excluding hydrogens is 284 g/mol. The number of nitrogens with two attached hydrogens (primary N) is 1. The summed E-state index contributed by atoms with van der Waals surface area (Å²) in [6.07, 6.45) is 0. The molecule has 1 aromatic heterocycles. The number of nitrogens with zero attached hydrogens (tertiary/aromatic N) is 1. The molecule has 19 heavy (non-hydrogen) atoms. The summed E-state index contributed by atoms with van der Waals surface area (Å²) in [6, 6.07) is 3.39. The van der Waals surface area contributed by atoms with Gasteiger partial charge in [0.2, 0.25) is 0 Å². The van der Waals surface area contributed by atoms with Crippen LogP contribution in [0.5, 0.6) is 11.5 Å². The zero-order valence-corrected chi connectivity index (χ0v) is 11.9. The second-order valence-corrected chi connectivity index (χ2v) is 5.63. The summed E-state index contributed by atoms with van der Waals surface area (Å²) in [6.45, 7) is 2.99. The number of rotatable bonds is 2. The van der Waals surface area contributed by atoms with Crippen molar-refractivity contribution < 1.29 is 9.47 Å². The molecule has 1 unspecified atom stereocenters. The highest BCUT2D eigenvalue weighted by Crippen LogP contribution is 2.40. The van der Waals surface area contributed by atoms with Gasteiger partial charge in [0.1, 0.15) is 18.2 Å². The molecule has 1 aromatic carbocycles. The van der Waals surface area contributed by atoms with Crippen molar-refractivity contribution in [3.05, 3.63) is 38.8 Å². The molecule has 6 heteroatoms. The first kappa shape index (κ1) is 12.7. The van der Waals surface area contributed by atoms with E-state index in [1.165, 1.54) is 0 Å². The van der Waals surface area contributed by atoms with Crippen molar-refractivity contribution in [1.82, 2.24) is 4.98 Å². The number of thiazole rings is 1. The van der Waals surface area contributed by atoms with Gasteiger partial charge in [-0.3, -0.25) is 0 Å². The largest absolute Gasteiger partial charge is 0.486 e. The van der Waals surface area contributed by atoms with E-state index in [1.807, 2.05) is 24.4 Å². The van der Waals surface area contributed by atoms with Gasteiger partial charge in [-0.15, -0.1) is 11.3 Å². The van der Waals surface area contributed by atoms with Crippen LogP contribution < -0.4 is 15.2 Å². The molecule has 0 spiro atoms. The van der Waals surface area contributed by atoms with Gasteiger partial charge in [-0.05, 0) is 24.6 Å². The third-order valence-corrected chi connectivity index (χ3v) is 4.21. The van der Waals surface area contributed by atoms with E-state index in [0.717, 1.165) is 16.3 Å². The lowest BCUT2D eigenvalue weighted by atomic mass is 10.1. The molecule has 0 bridgehead atoms. The zero-order valence-electron chi connectivity index (χ0n) is 10.4. The maximum absolute atomic E-state index is 6.22. The Morgan fingerprint density at radius 2 is 2.16 bits per heavy atom. The minimum Gasteiger partial charge on any atom is -0.486 e. The molecule has 0 saturated heterocycles. The van der Waals surface area contributed by atoms with Crippen LogP contribution in [0, 0.1) is 6.92 Å². The molecule has 2 heterocycles. The summed E-state index contributed by atoms with van der Waals surface area (Å²) >= 11 is 7.75. The Labute approximate surface area is 120 Å². The summed E-state index contributed by atoms with van der Waals surface area (Å²) in [7, 11) is 0. The maximum atomic E-state index is 6.22. The molecule has 0 amide bonds. The Balaban J connectivity index is 1.99. The molecule has 0 aliphatic carbocycles. The molecule has 4 nitrogen and oxygen atoms in total. The van der Waals surface area contributed by atoms with Gasteiger partial charge in [-0.2, -0.15) is 0 Å². The average Bonchev–Trinajstić information content (AvgIpc) is 2.84. The number of ether oxygens (including phenoxy) is 2. The number of halogens is 1. The molecule has 0 saturated carbocycles. The summed E-state index contributed by atoms with van der Waals surface area (Å²) in [5, 5.41) is 3.37. The summed E-state index contributed by atoms with van der Waals surface area (Å²) in [5.41, 5.74) is 8.07. The smallest absolute Gasteiger partial charge is 0.179 e. The number of hydrogen-bond acceptors (Lipinski definition) is 5. The third kappa shape index (κ3) is 2.41. The van der Waals surface area contributed by atoms with Crippen LogP contribution in [0.15, 0.2) is 17.5 Å². The molecular formula is C13H13ClN2O2S. The van der Waals surface area contributed by atoms with E-state index >= 15 is 0 Å². The first-order valence-corrected chi connectivity index (χ1v) is 7.17. The summed E-state index contributed by atoms with van der Waals surface area (Å²) in [5.74, 6) is 1.25. The van der Waals surface area contributed by atoms with E-state index < -0.39 is 0 Å². The van der Waals surface area contributed by atoms with Crippen LogP contribution in [0.3, 0.4) is 0 Å². The second kappa shape index (κ2) is 5.00. The predicted molar refractivity (Wildman–Crippen MR) is 75.3 cm³/mol. The minimum atomic E-state index is -0.299. The van der Waals surface area contributed by atoms with Crippen LogP contribution in [0.4, 0.5) is 0 Å². The maximum Gasteiger partial charge on any atom is 0.179 e. The Bertz CT molecular complexity index is 615. The normalized spacial score (nSPS) is 15.3. The van der Waals surface area contributed by atoms with E-state index in [0.29, 0.717) is 29.7 Å². The van der Waals surface area contributed by atoms with Gasteiger partial charge in [0, 0.05) is 11.1 Å². The number of fused-ring (bicyclic) bond motifs is 1. The monoisotopic (exact) mass is 296 g/mol. The molecule has 2 aromatic rings. The minimum absolute atomic E-state index is 0.299. The first-order chi connectivity index (χ1) is 9.15. The van der Waals surface area contributed by atoms with Crippen molar-refractivity contribution >= 4 is 22.9 Å². The lowest BCUT2D eigenvalue weighted by Crippen LogP contribution is -2.17. The van der Waals surface area contributed by atoms with Gasteiger partial charge < -0.3 is 15.2 Å². The topological polar surface area (TPSA) is 57.4 Å². The number of hydrogen-bond donors (Lipinski definition) is 1. The van der Waals surface area contributed by atoms with Crippen molar-refractivity contribution in [1.29, 1.82) is 0 Å². The van der Waals surface area contributed by atoms with E-state index in [1.54, 1.807) is 11.3 Å². The molecule has 1 aliphatic rings. The Morgan fingerprint density at radius 3 is 2.89 bits per heavy atom. The van der Waals surface area contributed by atoms with Gasteiger partial charge in [0.05, 0.1) is 11.1 Å². The number of benzene rings is 1. The fraction of sp³-hybridized carbons (Fsp3) is 0.308. The number of aryl methyl sites for hydroxylation is 1. The molecule has 0 radical (unpaired) electrons. The summed E-state index contributed by atoms with van der Waals surface area (Å²) in [4.78, 5) is 4.41. The van der Waals surface area contributed by atoms with Crippen molar-refractivity contribution in [2.75, 3.05) is 13.2 Å². The lowest BCUT2D eigenvalue weighted by Gasteiger charge is -2.21. The lowest BCUT2D eigenvalue weighted by molar-refractivity contribution is 0.171. The van der Waals surface area contributed by atoms with Crippen LogP contribution in [-0.2, 0) is 0 Å². The highest BCUT2D eigenvalue weighted by molar-refractivity contribution is 7.09. The molecule has 2 N–H and O–H groups in total. The quantitative estimate of drug-likeness (QED) is 0.926. The van der Waals surface area contributed by atoms with Crippen molar-refractivity contribution in [3.63, 3.8) is 0 Å². The first-order valence-electron chi connectivity index (χ1n) is 5.92. The Morgan fingerprint density at radius 1 is 1.37 bits per heavy atom. The second-order valence-electron chi connectivity index (χ2n) is 4.33. The molecule has 100 valence electrons. The van der Waals surface area contributed by atoms with Crippen LogP contribution in [0.2, 0.25) is 5.02 Å². The van der Waals surface area contributed by atoms with Crippen LogP contribution in [0.1, 0.15) is 22.3 Å². The highest BCUT2D eigenvalue weighted by atomic mass is 35.5. The zero-order chi connectivity index (χ0) is 13.4. The Hall–Kier alpha value is -1.30. The Kier molecular flexibility index (Phi) is 3.35. The molecule has 0 fully saturated rings. The van der Waals surface area contributed by atoms with Crippen LogP contribution >= 0.6 is 22.9 Å². The fourth-order valence-electron chi connectivity index (χ4n) is 1.97. The van der Waals surface area contributed by atoms with Crippen LogP contribution in [-0.4, -0.2) is 18.2 Å². The summed E-state index contributed by atoms with van der Waals surface area (Å²) < 4.78 is 11.0. The van der Waals surface area contributed by atoms with Gasteiger partial charge in [-0.25, -0.2) is 4.98 Å². The highest BCUT2D eigenvalue weighted by Gasteiger charge is 2.20. The van der Waals surface area contributed by atoms with Crippen molar-refractivity contribution in [2.45, 2.75) is 13.0 Å². The number of aromatic nitrogens is 1. The molecule has 3 rings (SSSR count). The molecule has 1 aliphatic heterocycles. The average molecular weight is 297 g/mol.